The van der Waals surface area contributed by atoms with E-state index in [4.69, 9.17) is 9.47 Å². The minimum absolute atomic E-state index is 0.238. The van der Waals surface area contributed by atoms with Crippen molar-refractivity contribution >= 4 is 17.5 Å². The second-order valence-corrected chi connectivity index (χ2v) is 5.20. The van der Waals surface area contributed by atoms with Crippen LogP contribution in [0.3, 0.4) is 0 Å². The van der Waals surface area contributed by atoms with E-state index in [-0.39, 0.29) is 11.8 Å². The number of benzene rings is 1. The highest BCUT2D eigenvalue weighted by Crippen LogP contribution is 2.34. The Morgan fingerprint density at radius 1 is 1.17 bits per heavy atom. The second-order valence-electron chi connectivity index (χ2n) is 5.20. The number of ether oxygens (including phenoxy) is 2. The molecule has 23 heavy (non-hydrogen) atoms. The van der Waals surface area contributed by atoms with E-state index in [9.17, 15) is 9.59 Å². The molecule has 0 bridgehead atoms. The number of rotatable bonds is 6. The van der Waals surface area contributed by atoms with Gasteiger partial charge >= 0.3 is 0 Å². The number of carbonyl (C=O) groups excluding carboxylic acids is 2. The average Bonchev–Trinajstić information content (AvgIpc) is 2.53. The lowest BCUT2D eigenvalue weighted by molar-refractivity contribution is -0.112. The van der Waals surface area contributed by atoms with Crippen molar-refractivity contribution in [2.45, 2.75) is 20.3 Å². The van der Waals surface area contributed by atoms with Crippen LogP contribution in [0.2, 0.25) is 0 Å². The summed E-state index contributed by atoms with van der Waals surface area (Å²) in [5.74, 6) is 0.372. The number of amides is 2. The lowest BCUT2D eigenvalue weighted by atomic mass is 10.1. The van der Waals surface area contributed by atoms with Crippen LogP contribution < -0.4 is 14.8 Å². The van der Waals surface area contributed by atoms with Crippen LogP contribution in [-0.2, 0) is 4.79 Å². The molecule has 0 fully saturated rings. The summed E-state index contributed by atoms with van der Waals surface area (Å²) in [4.78, 5) is 26.0. The first kappa shape index (κ1) is 18.5. The molecule has 0 aromatic heterocycles. The minimum Gasteiger partial charge on any atom is -0.493 e. The summed E-state index contributed by atoms with van der Waals surface area (Å²) in [6, 6.07) is 3.16. The van der Waals surface area contributed by atoms with Gasteiger partial charge in [-0.2, -0.15) is 0 Å². The van der Waals surface area contributed by atoms with Crippen molar-refractivity contribution in [1.29, 1.82) is 0 Å². The molecule has 6 heteroatoms. The maximum absolute atomic E-state index is 12.4. The zero-order valence-corrected chi connectivity index (χ0v) is 14.5. The van der Waals surface area contributed by atoms with Gasteiger partial charge in [0.05, 0.1) is 25.5 Å². The standard InChI is InChI=1S/C17H24N2O4/c1-7-8-11(2)16(20)18-13-10-15(23-6)14(22-5)9-12(13)17(21)19(3)4/h8-10H,7H2,1-6H3,(H,18,20). The summed E-state index contributed by atoms with van der Waals surface area (Å²) in [6.07, 6.45) is 2.58. The molecule has 1 aromatic rings. The number of carbonyl (C=O) groups is 2. The smallest absolute Gasteiger partial charge is 0.255 e. The Bertz CT molecular complexity index is 621. The van der Waals surface area contributed by atoms with Gasteiger partial charge in [0.15, 0.2) is 11.5 Å². The number of allylic oxidation sites excluding steroid dienone is 1. The van der Waals surface area contributed by atoms with E-state index >= 15 is 0 Å². The summed E-state index contributed by atoms with van der Waals surface area (Å²) < 4.78 is 10.5. The van der Waals surface area contributed by atoms with Crippen LogP contribution >= 0.6 is 0 Å². The SMILES string of the molecule is CCC=C(C)C(=O)Nc1cc(OC)c(OC)cc1C(=O)N(C)C. The summed E-state index contributed by atoms with van der Waals surface area (Å²) in [7, 11) is 6.28. The third-order valence-electron chi connectivity index (χ3n) is 3.28. The highest BCUT2D eigenvalue weighted by molar-refractivity contribution is 6.08. The molecule has 126 valence electrons. The first-order valence-corrected chi connectivity index (χ1v) is 7.31. The molecule has 0 spiro atoms. The third-order valence-corrected chi connectivity index (χ3v) is 3.28. The van der Waals surface area contributed by atoms with Crippen LogP contribution in [0.25, 0.3) is 0 Å². The Kier molecular flexibility index (Phi) is 6.63. The highest BCUT2D eigenvalue weighted by atomic mass is 16.5. The first-order chi connectivity index (χ1) is 10.8. The van der Waals surface area contributed by atoms with Crippen LogP contribution in [0.15, 0.2) is 23.8 Å². The van der Waals surface area contributed by atoms with Crippen LogP contribution in [-0.4, -0.2) is 45.0 Å². The molecule has 0 saturated heterocycles. The fraction of sp³-hybridized carbons (Fsp3) is 0.412. The number of hydrogen-bond donors (Lipinski definition) is 1. The van der Waals surface area contributed by atoms with E-state index in [1.807, 2.05) is 13.0 Å². The van der Waals surface area contributed by atoms with Crippen molar-refractivity contribution in [3.05, 3.63) is 29.3 Å². The molecule has 0 aliphatic carbocycles. The predicted octanol–water partition coefficient (Wildman–Crippen LogP) is 2.70. The van der Waals surface area contributed by atoms with Gasteiger partial charge in [0, 0.05) is 25.7 Å². The Morgan fingerprint density at radius 3 is 2.22 bits per heavy atom. The number of nitrogens with one attached hydrogen (secondary N) is 1. The van der Waals surface area contributed by atoms with Gasteiger partial charge < -0.3 is 19.7 Å². The van der Waals surface area contributed by atoms with Gasteiger partial charge in [-0.05, 0) is 19.4 Å². The maximum atomic E-state index is 12.4. The molecule has 0 atom stereocenters. The van der Waals surface area contributed by atoms with Crippen LogP contribution in [0.4, 0.5) is 5.69 Å². The predicted molar refractivity (Wildman–Crippen MR) is 90.2 cm³/mol. The lowest BCUT2D eigenvalue weighted by Gasteiger charge is -2.18. The van der Waals surface area contributed by atoms with Gasteiger partial charge in [0.1, 0.15) is 0 Å². The molecule has 0 saturated carbocycles. The molecule has 0 unspecified atom stereocenters. The van der Waals surface area contributed by atoms with Crippen molar-refractivity contribution in [3.8, 4) is 11.5 Å². The zero-order chi connectivity index (χ0) is 17.6. The van der Waals surface area contributed by atoms with Gasteiger partial charge in [0.25, 0.3) is 11.8 Å². The topological polar surface area (TPSA) is 67.9 Å². The van der Waals surface area contributed by atoms with E-state index in [0.29, 0.717) is 28.3 Å². The van der Waals surface area contributed by atoms with E-state index in [0.717, 1.165) is 6.42 Å². The lowest BCUT2D eigenvalue weighted by Crippen LogP contribution is -2.24. The first-order valence-electron chi connectivity index (χ1n) is 7.31. The summed E-state index contributed by atoms with van der Waals surface area (Å²) in [5, 5.41) is 2.77. The Hall–Kier alpha value is -2.50. The molecule has 0 aliphatic heterocycles. The van der Waals surface area contributed by atoms with Crippen molar-refractivity contribution in [2.24, 2.45) is 0 Å². The molecule has 1 N–H and O–H groups in total. The zero-order valence-electron chi connectivity index (χ0n) is 14.5. The molecule has 1 rings (SSSR count). The monoisotopic (exact) mass is 320 g/mol. The van der Waals surface area contributed by atoms with Gasteiger partial charge in [-0.3, -0.25) is 9.59 Å². The Labute approximate surface area is 137 Å². The largest absolute Gasteiger partial charge is 0.493 e. The summed E-state index contributed by atoms with van der Waals surface area (Å²) in [6.45, 7) is 3.68. The average molecular weight is 320 g/mol. The van der Waals surface area contributed by atoms with Gasteiger partial charge in [-0.15, -0.1) is 0 Å². The van der Waals surface area contributed by atoms with Crippen LogP contribution in [0, 0.1) is 0 Å². The summed E-state index contributed by atoms with van der Waals surface area (Å²) in [5.41, 5.74) is 1.31. The van der Waals surface area contributed by atoms with Crippen LogP contribution in [0.1, 0.15) is 30.6 Å². The van der Waals surface area contributed by atoms with Gasteiger partial charge in [0.2, 0.25) is 0 Å². The van der Waals surface area contributed by atoms with Crippen molar-refractivity contribution in [3.63, 3.8) is 0 Å². The highest BCUT2D eigenvalue weighted by Gasteiger charge is 2.20. The van der Waals surface area contributed by atoms with Crippen molar-refractivity contribution in [1.82, 2.24) is 4.90 Å². The molecule has 6 nitrogen and oxygen atoms in total. The minimum atomic E-state index is -0.258. The molecule has 0 radical (unpaired) electrons. The number of nitrogens with zero attached hydrogens (tertiary/aromatic N) is 1. The molecule has 1 aromatic carbocycles. The van der Waals surface area contributed by atoms with Crippen molar-refractivity contribution in [2.75, 3.05) is 33.6 Å². The Morgan fingerprint density at radius 2 is 1.74 bits per heavy atom. The summed E-state index contributed by atoms with van der Waals surface area (Å²) >= 11 is 0. The number of anilines is 1. The number of hydrogen-bond acceptors (Lipinski definition) is 4. The quantitative estimate of drug-likeness (QED) is 0.818. The second kappa shape index (κ2) is 8.22. The molecular weight excluding hydrogens is 296 g/mol. The fourth-order valence-electron chi connectivity index (χ4n) is 2.02. The fourth-order valence-corrected chi connectivity index (χ4v) is 2.02. The van der Waals surface area contributed by atoms with E-state index in [1.54, 1.807) is 33.2 Å². The van der Waals surface area contributed by atoms with E-state index in [1.165, 1.54) is 19.1 Å². The molecular formula is C17H24N2O4. The van der Waals surface area contributed by atoms with Gasteiger partial charge in [-0.25, -0.2) is 0 Å². The molecule has 0 heterocycles. The van der Waals surface area contributed by atoms with Crippen LogP contribution in [0.5, 0.6) is 11.5 Å². The van der Waals surface area contributed by atoms with Gasteiger partial charge in [-0.1, -0.05) is 13.0 Å². The van der Waals surface area contributed by atoms with E-state index < -0.39 is 0 Å². The molecule has 0 aliphatic rings. The molecule has 2 amide bonds. The normalized spacial score (nSPS) is 11.0. The van der Waals surface area contributed by atoms with E-state index in [2.05, 4.69) is 5.32 Å². The number of methoxy groups -OCH3 is 2. The Balaban J connectivity index is 3.34. The third kappa shape index (κ3) is 4.48. The maximum Gasteiger partial charge on any atom is 0.255 e. The van der Waals surface area contributed by atoms with Crippen molar-refractivity contribution < 1.29 is 19.1 Å².